The van der Waals surface area contributed by atoms with Gasteiger partial charge in [0.2, 0.25) is 6.67 Å². The molecule has 50 valence electrons. The average molecular weight is 134 g/mol. The molecule has 0 fully saturated rings. The van der Waals surface area contributed by atoms with Gasteiger partial charge in [0.05, 0.1) is 0 Å². The fraction of sp³-hybridized carbons (Fsp3) is 0.286. The molecule has 0 aromatic rings. The van der Waals surface area contributed by atoms with Crippen molar-refractivity contribution in [2.75, 3.05) is 13.7 Å². The fourth-order valence-electron chi connectivity index (χ4n) is 1.02. The normalized spacial score (nSPS) is 23.3. The molecule has 3 nitrogen and oxygen atoms in total. The molecular weight excluding hydrogens is 126 g/mol. The molecule has 2 aliphatic rings. The van der Waals surface area contributed by atoms with E-state index in [-0.39, 0.29) is 0 Å². The summed E-state index contributed by atoms with van der Waals surface area (Å²) in [5.74, 6) is 0.984. The highest BCUT2D eigenvalue weighted by atomic mass is 15.3. The summed E-state index contributed by atoms with van der Waals surface area (Å²) in [7, 11) is 2.03. The minimum Gasteiger partial charge on any atom is -0.330 e. The summed E-state index contributed by atoms with van der Waals surface area (Å²) in [6, 6.07) is 0. The van der Waals surface area contributed by atoms with E-state index in [4.69, 9.17) is 0 Å². The van der Waals surface area contributed by atoms with Crippen LogP contribution in [0.25, 0.3) is 0 Å². The minimum atomic E-state index is 0.877. The van der Waals surface area contributed by atoms with Gasteiger partial charge < -0.3 is 4.90 Å². The Balaban J connectivity index is 2.27. The fourth-order valence-corrected chi connectivity index (χ4v) is 1.02. The Morgan fingerprint density at radius 3 is 3.60 bits per heavy atom. The van der Waals surface area contributed by atoms with Crippen molar-refractivity contribution in [3.8, 4) is 0 Å². The van der Waals surface area contributed by atoms with Crippen LogP contribution < -0.4 is 4.90 Å². The molecule has 0 aliphatic carbocycles. The van der Waals surface area contributed by atoms with E-state index in [2.05, 4.69) is 16.1 Å². The van der Waals surface area contributed by atoms with Crippen LogP contribution >= 0.6 is 0 Å². The Labute approximate surface area is 60.0 Å². The maximum absolute atomic E-state index is 4.02. The number of amidine groups is 1. The van der Waals surface area contributed by atoms with Gasteiger partial charge in [0.1, 0.15) is 0 Å². The first-order chi connectivity index (χ1) is 4.86. The van der Waals surface area contributed by atoms with E-state index in [1.165, 1.54) is 0 Å². The molecule has 10 heavy (non-hydrogen) atoms. The van der Waals surface area contributed by atoms with Gasteiger partial charge in [-0.05, 0) is 0 Å². The first-order valence-corrected chi connectivity index (χ1v) is 3.18. The van der Waals surface area contributed by atoms with E-state index < -0.39 is 0 Å². The van der Waals surface area contributed by atoms with Crippen LogP contribution in [0, 0.1) is 6.20 Å². The number of hydrogen-bond acceptors (Lipinski definition) is 3. The highest BCUT2D eigenvalue weighted by Gasteiger charge is 2.27. The van der Waals surface area contributed by atoms with Crippen LogP contribution in [-0.4, -0.2) is 24.5 Å². The highest BCUT2D eigenvalue weighted by molar-refractivity contribution is 5.97. The molecule has 0 bridgehead atoms. The molecule has 0 amide bonds. The predicted molar refractivity (Wildman–Crippen MR) is 39.2 cm³/mol. The van der Waals surface area contributed by atoms with Crippen molar-refractivity contribution in [1.29, 1.82) is 0 Å². The zero-order valence-electron chi connectivity index (χ0n) is 5.78. The van der Waals surface area contributed by atoms with E-state index in [1.807, 2.05) is 30.4 Å². The lowest BCUT2D eigenvalue weighted by molar-refractivity contribution is 0.392. The zero-order chi connectivity index (χ0) is 6.97. The molecule has 0 spiro atoms. The Bertz CT molecular complexity index is 227. The lowest BCUT2D eigenvalue weighted by atomic mass is 10.4. The number of nitrogens with zero attached hydrogens (tertiary/aromatic N) is 3. The summed E-state index contributed by atoms with van der Waals surface area (Å²) in [6.07, 6.45) is 8.63. The third-order valence-corrected chi connectivity index (χ3v) is 1.54. The van der Waals surface area contributed by atoms with E-state index in [0.717, 1.165) is 12.5 Å². The summed E-state index contributed by atoms with van der Waals surface area (Å²) in [6.45, 7) is 0.877. The molecule has 2 aliphatic heterocycles. The Kier molecular flexibility index (Phi) is 1.11. The Morgan fingerprint density at radius 1 is 1.80 bits per heavy atom. The van der Waals surface area contributed by atoms with Crippen LogP contribution in [-0.2, 0) is 0 Å². The summed E-state index contributed by atoms with van der Waals surface area (Å²) in [4.78, 5) is 8.14. The van der Waals surface area contributed by atoms with Gasteiger partial charge in [-0.1, -0.05) is 4.90 Å². The predicted octanol–water partition coefficient (Wildman–Crippen LogP) is 0.230. The average Bonchev–Trinajstić information content (AvgIpc) is 2.33. The third kappa shape index (κ3) is 0.752. The molecule has 2 rings (SSSR count). The van der Waals surface area contributed by atoms with Gasteiger partial charge >= 0.3 is 0 Å². The third-order valence-electron chi connectivity index (χ3n) is 1.54. The van der Waals surface area contributed by atoms with Crippen LogP contribution in [0.5, 0.6) is 0 Å². The molecule has 0 N–H and O–H groups in total. The van der Waals surface area contributed by atoms with Gasteiger partial charge in [-0.15, -0.1) is 0 Å². The molecule has 0 atom stereocenters. The van der Waals surface area contributed by atoms with E-state index >= 15 is 0 Å². The maximum Gasteiger partial charge on any atom is 0.285 e. The van der Waals surface area contributed by atoms with Crippen LogP contribution in [0.1, 0.15) is 0 Å². The van der Waals surface area contributed by atoms with Crippen molar-refractivity contribution in [3.63, 3.8) is 0 Å². The second kappa shape index (κ2) is 1.95. The smallest absolute Gasteiger partial charge is 0.285 e. The second-order valence-corrected chi connectivity index (χ2v) is 2.41. The van der Waals surface area contributed by atoms with Crippen LogP contribution in [0.2, 0.25) is 0 Å². The van der Waals surface area contributed by atoms with Crippen LogP contribution in [0.4, 0.5) is 0 Å². The second-order valence-electron chi connectivity index (χ2n) is 2.41. The quantitative estimate of drug-likeness (QED) is 0.434. The summed E-state index contributed by atoms with van der Waals surface area (Å²) in [5, 5.41) is 0. The van der Waals surface area contributed by atoms with Gasteiger partial charge in [-0.2, -0.15) is 4.99 Å². The standard InChI is InChI=1S/C7H8N3/c1-9-4-2-7-8-3-5-10(7)6-9/h2,4-5H,6H2,1H3/q+1. The number of aliphatic imine (C=N–C) groups is 1. The first kappa shape index (κ1) is 5.68. The summed E-state index contributed by atoms with van der Waals surface area (Å²) >= 11 is 0. The SMILES string of the molecule is CN1C=CC2=N[C]=C[N+]2C1. The molecule has 0 saturated carbocycles. The Hall–Kier alpha value is -1.09. The zero-order valence-corrected chi connectivity index (χ0v) is 5.78. The lowest BCUT2D eigenvalue weighted by Crippen LogP contribution is -2.39. The van der Waals surface area contributed by atoms with Gasteiger partial charge in [-0.25, -0.2) is 0 Å². The van der Waals surface area contributed by atoms with E-state index in [9.17, 15) is 0 Å². The van der Waals surface area contributed by atoms with Gasteiger partial charge in [0.15, 0.2) is 12.4 Å². The highest BCUT2D eigenvalue weighted by Crippen LogP contribution is 2.06. The van der Waals surface area contributed by atoms with Crippen molar-refractivity contribution >= 4 is 5.84 Å². The molecule has 0 aromatic heterocycles. The van der Waals surface area contributed by atoms with Crippen molar-refractivity contribution < 1.29 is 0 Å². The molecular formula is C7H8N3+. The van der Waals surface area contributed by atoms with Crippen LogP contribution in [0.3, 0.4) is 0 Å². The first-order valence-electron chi connectivity index (χ1n) is 3.18. The number of fused-ring (bicyclic) bond motifs is 1. The van der Waals surface area contributed by atoms with Gasteiger partial charge in [0.25, 0.3) is 5.84 Å². The maximum atomic E-state index is 4.02. The van der Waals surface area contributed by atoms with Gasteiger partial charge in [-0.3, -0.25) is 0 Å². The van der Waals surface area contributed by atoms with Crippen molar-refractivity contribution in [3.05, 3.63) is 24.7 Å². The number of hydrogen-bond donors (Lipinski definition) is 0. The topological polar surface area (TPSA) is 21.5 Å². The van der Waals surface area contributed by atoms with E-state index in [0.29, 0.717) is 0 Å². The monoisotopic (exact) mass is 134 g/mol. The van der Waals surface area contributed by atoms with Crippen molar-refractivity contribution in [1.82, 2.24) is 9.80 Å². The molecule has 2 radical (unpaired) electrons. The number of rotatable bonds is 0. The van der Waals surface area contributed by atoms with Crippen molar-refractivity contribution in [2.24, 2.45) is 4.99 Å². The molecule has 3 heteroatoms. The molecule has 0 saturated heterocycles. The lowest BCUT2D eigenvalue weighted by Gasteiger charge is -2.16. The van der Waals surface area contributed by atoms with Gasteiger partial charge in [0, 0.05) is 19.3 Å². The summed E-state index contributed by atoms with van der Waals surface area (Å²) in [5.41, 5.74) is 0. The molecule has 0 unspecified atom stereocenters. The van der Waals surface area contributed by atoms with Crippen molar-refractivity contribution in [2.45, 2.75) is 0 Å². The summed E-state index contributed by atoms with van der Waals surface area (Å²) < 4.78 is 0. The molecule has 0 aromatic carbocycles. The largest absolute Gasteiger partial charge is 0.330 e. The van der Waals surface area contributed by atoms with Crippen LogP contribution in [0.15, 0.2) is 23.5 Å². The van der Waals surface area contributed by atoms with E-state index in [1.54, 1.807) is 0 Å². The minimum absolute atomic E-state index is 0.877. The molecule has 2 heterocycles. The Morgan fingerprint density at radius 2 is 2.70 bits per heavy atom.